The van der Waals surface area contributed by atoms with E-state index in [9.17, 15) is 4.79 Å². The maximum atomic E-state index is 12.4. The summed E-state index contributed by atoms with van der Waals surface area (Å²) < 4.78 is 0. The number of piperidine rings is 1. The van der Waals surface area contributed by atoms with E-state index < -0.39 is 0 Å². The Morgan fingerprint density at radius 2 is 1.85 bits per heavy atom. The lowest BCUT2D eigenvalue weighted by Gasteiger charge is -2.46. The van der Waals surface area contributed by atoms with Crippen LogP contribution in [0.3, 0.4) is 0 Å². The van der Waals surface area contributed by atoms with Gasteiger partial charge in [0.1, 0.15) is 0 Å². The average Bonchev–Trinajstić information content (AvgIpc) is 3.09. The molecule has 1 aromatic rings. The Hall–Kier alpha value is -1.59. The number of likely N-dealkylation sites (tertiary alicyclic amines) is 3. The van der Waals surface area contributed by atoms with Crippen molar-refractivity contribution >= 4 is 6.03 Å². The second-order valence-electron chi connectivity index (χ2n) is 8.66. The number of carbonyl (C=O) groups excluding carboxylic acids is 1. The predicted octanol–water partition coefficient (Wildman–Crippen LogP) is 2.70. The molecule has 4 rings (SSSR count). The summed E-state index contributed by atoms with van der Waals surface area (Å²) in [5, 5.41) is 3.19. The van der Waals surface area contributed by atoms with E-state index in [1.54, 1.807) is 0 Å². The van der Waals surface area contributed by atoms with Gasteiger partial charge in [0.05, 0.1) is 0 Å². The summed E-state index contributed by atoms with van der Waals surface area (Å²) in [5.74, 6) is 0.581. The second kappa shape index (κ2) is 8.61. The number of benzene rings is 1. The van der Waals surface area contributed by atoms with Crippen LogP contribution in [0.15, 0.2) is 24.3 Å². The maximum absolute atomic E-state index is 12.4. The molecule has 3 saturated heterocycles. The lowest BCUT2D eigenvalue weighted by molar-refractivity contribution is 0.0448. The average molecular weight is 371 g/mol. The van der Waals surface area contributed by atoms with Crippen molar-refractivity contribution in [1.29, 1.82) is 0 Å². The van der Waals surface area contributed by atoms with Crippen molar-refractivity contribution in [1.82, 2.24) is 20.0 Å². The van der Waals surface area contributed by atoms with Gasteiger partial charge in [-0.15, -0.1) is 0 Å². The van der Waals surface area contributed by atoms with Gasteiger partial charge in [-0.2, -0.15) is 0 Å². The van der Waals surface area contributed by atoms with Crippen LogP contribution in [0.25, 0.3) is 0 Å². The minimum absolute atomic E-state index is 0.139. The molecule has 5 heteroatoms. The topological polar surface area (TPSA) is 38.8 Å². The number of urea groups is 1. The van der Waals surface area contributed by atoms with E-state index in [1.807, 2.05) is 4.90 Å². The molecule has 3 aliphatic heterocycles. The fourth-order valence-electron chi connectivity index (χ4n) is 4.73. The van der Waals surface area contributed by atoms with Crippen LogP contribution in [0.2, 0.25) is 0 Å². The number of hydrogen-bond acceptors (Lipinski definition) is 3. The van der Waals surface area contributed by atoms with Crippen LogP contribution in [0.1, 0.15) is 36.8 Å². The van der Waals surface area contributed by atoms with Gasteiger partial charge in [0.15, 0.2) is 0 Å². The zero-order chi connectivity index (χ0) is 18.6. The van der Waals surface area contributed by atoms with Gasteiger partial charge in [-0.1, -0.05) is 30.7 Å². The number of nitrogens with one attached hydrogen (secondary N) is 1. The summed E-state index contributed by atoms with van der Waals surface area (Å²) in [6, 6.07) is 9.39. The van der Waals surface area contributed by atoms with Crippen molar-refractivity contribution in [3.05, 3.63) is 35.4 Å². The first-order valence-corrected chi connectivity index (χ1v) is 10.7. The summed E-state index contributed by atoms with van der Waals surface area (Å²) in [5.41, 5.74) is 2.79. The highest BCUT2D eigenvalue weighted by Gasteiger charge is 2.35. The van der Waals surface area contributed by atoms with Crippen LogP contribution in [0.5, 0.6) is 0 Å². The predicted molar refractivity (Wildman–Crippen MR) is 109 cm³/mol. The number of rotatable bonds is 5. The molecule has 1 N–H and O–H groups in total. The van der Waals surface area contributed by atoms with Gasteiger partial charge in [-0.25, -0.2) is 4.79 Å². The molecule has 1 atom stereocenters. The Labute approximate surface area is 163 Å². The molecule has 0 aromatic heterocycles. The SMILES string of the molecule is Cc1ccccc1CN1CC[C@@H](CNC(=O)N2CC(N3CCCCC3)C2)C1. The van der Waals surface area contributed by atoms with Crippen molar-refractivity contribution in [2.45, 2.75) is 45.2 Å². The fraction of sp³-hybridized carbons (Fsp3) is 0.682. The quantitative estimate of drug-likeness (QED) is 0.866. The molecular weight excluding hydrogens is 336 g/mol. The van der Waals surface area contributed by atoms with E-state index >= 15 is 0 Å². The van der Waals surface area contributed by atoms with Gasteiger partial charge >= 0.3 is 6.03 Å². The first-order chi connectivity index (χ1) is 13.2. The van der Waals surface area contributed by atoms with E-state index in [4.69, 9.17) is 0 Å². The summed E-state index contributed by atoms with van der Waals surface area (Å²) in [7, 11) is 0. The molecule has 0 radical (unpaired) electrons. The van der Waals surface area contributed by atoms with Gasteiger partial charge in [-0.05, 0) is 62.9 Å². The number of amides is 2. The van der Waals surface area contributed by atoms with Gasteiger partial charge in [0.25, 0.3) is 0 Å². The summed E-state index contributed by atoms with van der Waals surface area (Å²) in [6.07, 6.45) is 5.20. The molecule has 3 heterocycles. The van der Waals surface area contributed by atoms with Crippen molar-refractivity contribution in [3.8, 4) is 0 Å². The Morgan fingerprint density at radius 1 is 1.07 bits per heavy atom. The number of hydrogen-bond donors (Lipinski definition) is 1. The van der Waals surface area contributed by atoms with Crippen LogP contribution in [-0.2, 0) is 6.54 Å². The monoisotopic (exact) mass is 370 g/mol. The Morgan fingerprint density at radius 3 is 2.63 bits per heavy atom. The Kier molecular flexibility index (Phi) is 5.98. The summed E-state index contributed by atoms with van der Waals surface area (Å²) in [4.78, 5) is 19.5. The molecule has 148 valence electrons. The van der Waals surface area contributed by atoms with Crippen LogP contribution in [0.4, 0.5) is 4.79 Å². The molecule has 0 spiro atoms. The number of carbonyl (C=O) groups is 1. The largest absolute Gasteiger partial charge is 0.338 e. The van der Waals surface area contributed by atoms with Crippen molar-refractivity contribution in [2.24, 2.45) is 5.92 Å². The minimum Gasteiger partial charge on any atom is -0.338 e. The molecule has 2 amide bonds. The smallest absolute Gasteiger partial charge is 0.317 e. The molecule has 0 aliphatic carbocycles. The molecule has 3 fully saturated rings. The van der Waals surface area contributed by atoms with Crippen LogP contribution in [0, 0.1) is 12.8 Å². The van der Waals surface area contributed by atoms with Gasteiger partial charge in [-0.3, -0.25) is 9.80 Å². The maximum Gasteiger partial charge on any atom is 0.317 e. The zero-order valence-electron chi connectivity index (χ0n) is 16.7. The van der Waals surface area contributed by atoms with Crippen molar-refractivity contribution < 1.29 is 4.79 Å². The number of aryl methyl sites for hydroxylation is 1. The summed E-state index contributed by atoms with van der Waals surface area (Å²) >= 11 is 0. The third kappa shape index (κ3) is 4.64. The standard InChI is InChI=1S/C22H34N4O/c1-18-7-3-4-8-20(18)15-24-12-9-19(14-24)13-23-22(27)26-16-21(17-26)25-10-5-2-6-11-25/h3-4,7-8,19,21H,2,5-6,9-17H2,1H3,(H,23,27)/t19-/m0/s1. The first kappa shape index (κ1) is 18.8. The van der Waals surface area contributed by atoms with Crippen LogP contribution < -0.4 is 5.32 Å². The molecule has 5 nitrogen and oxygen atoms in total. The third-order valence-electron chi connectivity index (χ3n) is 6.62. The molecule has 0 bridgehead atoms. The third-order valence-corrected chi connectivity index (χ3v) is 6.62. The minimum atomic E-state index is 0.139. The number of nitrogens with zero attached hydrogens (tertiary/aromatic N) is 3. The highest BCUT2D eigenvalue weighted by Crippen LogP contribution is 2.21. The van der Waals surface area contributed by atoms with Gasteiger partial charge in [0, 0.05) is 38.8 Å². The van der Waals surface area contributed by atoms with Crippen LogP contribution in [-0.4, -0.2) is 72.6 Å². The molecule has 3 aliphatic rings. The lowest BCUT2D eigenvalue weighted by atomic mass is 10.0. The van der Waals surface area contributed by atoms with Crippen molar-refractivity contribution in [2.75, 3.05) is 45.8 Å². The summed E-state index contributed by atoms with van der Waals surface area (Å²) in [6.45, 7) is 10.5. The highest BCUT2D eigenvalue weighted by molar-refractivity contribution is 5.75. The Balaban J connectivity index is 1.15. The van der Waals surface area contributed by atoms with E-state index in [2.05, 4.69) is 46.3 Å². The second-order valence-corrected chi connectivity index (χ2v) is 8.66. The van der Waals surface area contributed by atoms with Crippen molar-refractivity contribution in [3.63, 3.8) is 0 Å². The van der Waals surface area contributed by atoms with E-state index in [1.165, 1.54) is 49.9 Å². The van der Waals surface area contributed by atoms with E-state index in [0.717, 1.165) is 39.3 Å². The molecule has 1 aromatic carbocycles. The molecule has 27 heavy (non-hydrogen) atoms. The zero-order valence-corrected chi connectivity index (χ0v) is 16.7. The van der Waals surface area contributed by atoms with E-state index in [-0.39, 0.29) is 6.03 Å². The molecule has 0 saturated carbocycles. The lowest BCUT2D eigenvalue weighted by Crippen LogP contribution is -2.63. The van der Waals surface area contributed by atoms with Gasteiger partial charge < -0.3 is 10.2 Å². The highest BCUT2D eigenvalue weighted by atomic mass is 16.2. The molecular formula is C22H34N4O. The Bertz CT molecular complexity index is 637. The first-order valence-electron chi connectivity index (χ1n) is 10.7. The fourth-order valence-corrected chi connectivity index (χ4v) is 4.73. The van der Waals surface area contributed by atoms with E-state index in [0.29, 0.717) is 12.0 Å². The molecule has 0 unspecified atom stereocenters. The van der Waals surface area contributed by atoms with Gasteiger partial charge in [0.2, 0.25) is 0 Å². The normalized spacial score (nSPS) is 24.8. The van der Waals surface area contributed by atoms with Crippen LogP contribution >= 0.6 is 0 Å².